The summed E-state index contributed by atoms with van der Waals surface area (Å²) < 4.78 is 0. The van der Waals surface area contributed by atoms with E-state index in [1.807, 2.05) is 0 Å². The monoisotopic (exact) mass is 258 g/mol. The fourth-order valence-electron chi connectivity index (χ4n) is 2.83. The van der Waals surface area contributed by atoms with Crippen LogP contribution < -0.4 is 5.32 Å². The number of urea groups is 1. The number of hydrogen-bond acceptors (Lipinski definition) is 4. The van der Waals surface area contributed by atoms with Crippen LogP contribution >= 0.6 is 0 Å². The molecule has 1 saturated carbocycles. The maximum Gasteiger partial charge on any atom is 0.328 e. The Balaban J connectivity index is 1.90. The van der Waals surface area contributed by atoms with Crippen molar-refractivity contribution in [2.45, 2.75) is 25.0 Å². The number of likely N-dealkylation sites (tertiary alicyclic amines) is 1. The van der Waals surface area contributed by atoms with Crippen LogP contribution in [0.15, 0.2) is 0 Å². The van der Waals surface area contributed by atoms with Gasteiger partial charge in [-0.2, -0.15) is 0 Å². The molecular formula is C11H18N2O5. The quantitative estimate of drug-likeness (QED) is 0.510. The number of carboxylic acids is 1. The molecule has 2 fully saturated rings. The average Bonchev–Trinajstić information content (AvgIpc) is 2.88. The van der Waals surface area contributed by atoms with Crippen LogP contribution in [0.2, 0.25) is 0 Å². The molecule has 2 aliphatic rings. The predicted molar refractivity (Wildman–Crippen MR) is 60.8 cm³/mol. The molecule has 0 spiro atoms. The molecule has 0 aromatic carbocycles. The lowest BCUT2D eigenvalue weighted by atomic mass is 10.00. The minimum atomic E-state index is -1.28. The molecule has 1 saturated heterocycles. The van der Waals surface area contributed by atoms with Gasteiger partial charge in [0.1, 0.15) is 0 Å². The standard InChI is InChI=1S/C11H18N2O5/c14-5-8(10(16)17)12-11(18)13-3-6-1-2-9(15)7(6)4-13/h6-9,14-15H,1-5H2,(H,12,18)(H,16,17). The van der Waals surface area contributed by atoms with Gasteiger partial charge in [0, 0.05) is 19.0 Å². The van der Waals surface area contributed by atoms with Crippen molar-refractivity contribution in [3.8, 4) is 0 Å². The van der Waals surface area contributed by atoms with Crippen LogP contribution in [-0.4, -0.2) is 64.1 Å². The number of fused-ring (bicyclic) bond motifs is 1. The third kappa shape index (κ3) is 2.41. The maximum absolute atomic E-state index is 11.8. The first kappa shape index (κ1) is 13.1. The van der Waals surface area contributed by atoms with E-state index in [4.69, 9.17) is 10.2 Å². The topological polar surface area (TPSA) is 110 Å². The highest BCUT2D eigenvalue weighted by atomic mass is 16.4. The molecule has 4 atom stereocenters. The third-order valence-corrected chi connectivity index (χ3v) is 3.88. The number of amides is 2. The smallest absolute Gasteiger partial charge is 0.328 e. The Hall–Kier alpha value is -1.34. The summed E-state index contributed by atoms with van der Waals surface area (Å²) in [6, 6.07) is -1.76. The Labute approximate surface area is 104 Å². The highest BCUT2D eigenvalue weighted by Crippen LogP contribution is 2.37. The second-order valence-electron chi connectivity index (χ2n) is 5.00. The minimum Gasteiger partial charge on any atom is -0.480 e. The van der Waals surface area contributed by atoms with Gasteiger partial charge in [-0.1, -0.05) is 0 Å². The SMILES string of the molecule is O=C(O)C(CO)NC(=O)N1CC2CCC(O)C2C1. The first-order chi connectivity index (χ1) is 8.52. The molecule has 4 N–H and O–H groups in total. The van der Waals surface area contributed by atoms with E-state index in [0.29, 0.717) is 19.0 Å². The number of hydrogen-bond donors (Lipinski definition) is 4. The molecular weight excluding hydrogens is 240 g/mol. The van der Waals surface area contributed by atoms with Gasteiger partial charge < -0.3 is 25.5 Å². The van der Waals surface area contributed by atoms with Crippen molar-refractivity contribution in [3.05, 3.63) is 0 Å². The molecule has 0 aromatic heterocycles. The Morgan fingerprint density at radius 2 is 2.06 bits per heavy atom. The number of carbonyl (C=O) groups is 2. The molecule has 18 heavy (non-hydrogen) atoms. The number of aliphatic carboxylic acids is 1. The summed E-state index contributed by atoms with van der Waals surface area (Å²) >= 11 is 0. The average molecular weight is 258 g/mol. The first-order valence-corrected chi connectivity index (χ1v) is 6.10. The fourth-order valence-corrected chi connectivity index (χ4v) is 2.83. The summed E-state index contributed by atoms with van der Waals surface area (Å²) in [6.45, 7) is 0.366. The number of rotatable bonds is 3. The van der Waals surface area contributed by atoms with Gasteiger partial charge in [0.2, 0.25) is 0 Å². The molecule has 7 heteroatoms. The summed E-state index contributed by atoms with van der Waals surface area (Å²) in [5.41, 5.74) is 0. The van der Waals surface area contributed by atoms with Crippen LogP contribution in [0.4, 0.5) is 4.79 Å². The Morgan fingerprint density at radius 1 is 1.33 bits per heavy atom. The van der Waals surface area contributed by atoms with Crippen LogP contribution in [0.5, 0.6) is 0 Å². The number of carbonyl (C=O) groups excluding carboxylic acids is 1. The Kier molecular flexibility index (Phi) is 3.72. The van der Waals surface area contributed by atoms with E-state index in [1.165, 1.54) is 4.90 Å². The van der Waals surface area contributed by atoms with E-state index in [2.05, 4.69) is 5.32 Å². The van der Waals surface area contributed by atoms with Crippen LogP contribution in [0.25, 0.3) is 0 Å². The summed E-state index contributed by atoms with van der Waals surface area (Å²) in [4.78, 5) is 24.0. The van der Waals surface area contributed by atoms with Crippen molar-refractivity contribution in [1.29, 1.82) is 0 Å². The summed E-state index contributed by atoms with van der Waals surface area (Å²) in [7, 11) is 0. The number of carboxylic acid groups (broad SMARTS) is 1. The van der Waals surface area contributed by atoms with Crippen molar-refractivity contribution in [1.82, 2.24) is 10.2 Å². The normalized spacial score (nSPS) is 32.1. The van der Waals surface area contributed by atoms with Gasteiger partial charge in [-0.25, -0.2) is 9.59 Å². The van der Waals surface area contributed by atoms with Crippen LogP contribution in [0, 0.1) is 11.8 Å². The Bertz CT molecular complexity index is 348. The fraction of sp³-hybridized carbons (Fsp3) is 0.818. The van der Waals surface area contributed by atoms with Crippen LogP contribution in [0.3, 0.4) is 0 Å². The Morgan fingerprint density at radius 3 is 2.61 bits per heavy atom. The van der Waals surface area contributed by atoms with Crippen molar-refractivity contribution >= 4 is 12.0 Å². The highest BCUT2D eigenvalue weighted by Gasteiger charge is 2.43. The lowest BCUT2D eigenvalue weighted by Gasteiger charge is -2.21. The second-order valence-corrected chi connectivity index (χ2v) is 5.00. The molecule has 2 amide bonds. The molecule has 0 radical (unpaired) electrons. The molecule has 1 heterocycles. The molecule has 1 aliphatic carbocycles. The lowest BCUT2D eigenvalue weighted by Crippen LogP contribution is -2.49. The van der Waals surface area contributed by atoms with Crippen molar-refractivity contribution in [2.24, 2.45) is 11.8 Å². The van der Waals surface area contributed by atoms with Crippen LogP contribution in [-0.2, 0) is 4.79 Å². The zero-order chi connectivity index (χ0) is 13.3. The van der Waals surface area contributed by atoms with Gasteiger partial charge in [-0.05, 0) is 18.8 Å². The van der Waals surface area contributed by atoms with E-state index >= 15 is 0 Å². The van der Waals surface area contributed by atoms with Crippen molar-refractivity contribution in [3.63, 3.8) is 0 Å². The van der Waals surface area contributed by atoms with Gasteiger partial charge in [-0.15, -0.1) is 0 Å². The molecule has 1 aliphatic heterocycles. The van der Waals surface area contributed by atoms with Gasteiger partial charge in [0.05, 0.1) is 12.7 Å². The molecule has 102 valence electrons. The number of nitrogens with zero attached hydrogens (tertiary/aromatic N) is 1. The zero-order valence-corrected chi connectivity index (χ0v) is 9.95. The minimum absolute atomic E-state index is 0.105. The van der Waals surface area contributed by atoms with Gasteiger partial charge in [0.15, 0.2) is 6.04 Å². The van der Waals surface area contributed by atoms with Gasteiger partial charge in [-0.3, -0.25) is 0 Å². The summed E-state index contributed by atoms with van der Waals surface area (Å²) in [5, 5.41) is 29.6. The lowest BCUT2D eigenvalue weighted by molar-refractivity contribution is -0.140. The van der Waals surface area contributed by atoms with E-state index in [1.54, 1.807) is 0 Å². The van der Waals surface area contributed by atoms with E-state index in [0.717, 1.165) is 12.8 Å². The highest BCUT2D eigenvalue weighted by molar-refractivity contribution is 5.82. The molecule has 7 nitrogen and oxygen atoms in total. The number of aliphatic hydroxyl groups excluding tert-OH is 2. The molecule has 0 bridgehead atoms. The summed E-state index contributed by atoms with van der Waals surface area (Å²) in [6.07, 6.45) is 1.32. The van der Waals surface area contributed by atoms with E-state index in [9.17, 15) is 14.7 Å². The third-order valence-electron chi connectivity index (χ3n) is 3.88. The van der Waals surface area contributed by atoms with E-state index in [-0.39, 0.29) is 12.0 Å². The largest absolute Gasteiger partial charge is 0.480 e. The second kappa shape index (κ2) is 5.11. The van der Waals surface area contributed by atoms with Crippen molar-refractivity contribution < 1.29 is 24.9 Å². The van der Waals surface area contributed by atoms with E-state index < -0.39 is 24.6 Å². The van der Waals surface area contributed by atoms with Gasteiger partial charge >= 0.3 is 12.0 Å². The molecule has 2 rings (SSSR count). The summed E-state index contributed by atoms with van der Waals surface area (Å²) in [5.74, 6) is -0.846. The maximum atomic E-state index is 11.8. The number of aliphatic hydroxyl groups is 2. The number of nitrogens with one attached hydrogen (secondary N) is 1. The first-order valence-electron chi connectivity index (χ1n) is 6.10. The van der Waals surface area contributed by atoms with Gasteiger partial charge in [0.25, 0.3) is 0 Å². The molecule has 0 aromatic rings. The predicted octanol–water partition coefficient (Wildman–Crippen LogP) is -1.16. The van der Waals surface area contributed by atoms with Crippen LogP contribution in [0.1, 0.15) is 12.8 Å². The molecule has 4 unspecified atom stereocenters. The van der Waals surface area contributed by atoms with Crippen molar-refractivity contribution in [2.75, 3.05) is 19.7 Å². The zero-order valence-electron chi connectivity index (χ0n) is 9.95.